The Morgan fingerprint density at radius 3 is 2.37 bits per heavy atom. The van der Waals surface area contributed by atoms with Crippen LogP contribution in [0.3, 0.4) is 0 Å². The minimum absolute atomic E-state index is 0.236. The second kappa shape index (κ2) is 4.46. The van der Waals surface area contributed by atoms with E-state index in [4.69, 9.17) is 0 Å². The Labute approximate surface area is 112 Å². The maximum atomic E-state index is 13.3. The zero-order chi connectivity index (χ0) is 13.5. The average Bonchev–Trinajstić information content (AvgIpc) is 2.69. The minimum Gasteiger partial charge on any atom is -0.389 e. The molecule has 98 valence electrons. The van der Waals surface area contributed by atoms with E-state index < -0.39 is 5.60 Å². The predicted octanol–water partition coefficient (Wildman–Crippen LogP) is 3.21. The minimum atomic E-state index is -0.776. The Balaban J connectivity index is 1.87. The van der Waals surface area contributed by atoms with E-state index in [1.54, 1.807) is 6.07 Å². The van der Waals surface area contributed by atoms with Gasteiger partial charge < -0.3 is 5.11 Å². The lowest BCUT2D eigenvalue weighted by atomic mass is 9.89. The highest BCUT2D eigenvalue weighted by Crippen LogP contribution is 2.33. The van der Waals surface area contributed by atoms with Crippen LogP contribution in [0.5, 0.6) is 0 Å². The fourth-order valence-electron chi connectivity index (χ4n) is 2.98. The van der Waals surface area contributed by atoms with Crippen LogP contribution in [0.1, 0.15) is 22.3 Å². The van der Waals surface area contributed by atoms with Crippen molar-refractivity contribution in [3.8, 4) is 0 Å². The Kier molecular flexibility index (Phi) is 2.90. The molecule has 0 radical (unpaired) electrons. The summed E-state index contributed by atoms with van der Waals surface area (Å²) in [7, 11) is 0. The molecule has 1 aliphatic carbocycles. The van der Waals surface area contributed by atoms with Gasteiger partial charge in [-0.1, -0.05) is 30.3 Å². The molecule has 2 aromatic carbocycles. The highest BCUT2D eigenvalue weighted by Gasteiger charge is 2.35. The van der Waals surface area contributed by atoms with Crippen LogP contribution in [0.2, 0.25) is 0 Å². The summed E-state index contributed by atoms with van der Waals surface area (Å²) >= 11 is 0. The summed E-state index contributed by atoms with van der Waals surface area (Å²) < 4.78 is 13.3. The van der Waals surface area contributed by atoms with Crippen molar-refractivity contribution in [1.82, 2.24) is 0 Å². The summed E-state index contributed by atoms with van der Waals surface area (Å²) in [6, 6.07) is 12.9. The smallest absolute Gasteiger partial charge is 0.123 e. The second-order valence-electron chi connectivity index (χ2n) is 5.59. The maximum Gasteiger partial charge on any atom is 0.123 e. The van der Waals surface area contributed by atoms with Gasteiger partial charge in [-0.25, -0.2) is 4.39 Å². The van der Waals surface area contributed by atoms with E-state index in [-0.39, 0.29) is 5.82 Å². The number of benzene rings is 2. The summed E-state index contributed by atoms with van der Waals surface area (Å²) in [5.74, 6) is -0.236. The van der Waals surface area contributed by atoms with E-state index in [1.165, 1.54) is 23.3 Å². The lowest BCUT2D eigenvalue weighted by Gasteiger charge is -2.23. The molecular weight excluding hydrogens is 239 g/mol. The molecule has 3 rings (SSSR count). The Hall–Kier alpha value is -1.67. The van der Waals surface area contributed by atoms with Crippen molar-refractivity contribution in [3.63, 3.8) is 0 Å². The van der Waals surface area contributed by atoms with E-state index in [1.807, 2.05) is 19.1 Å². The SMILES string of the molecule is Cc1ccc(F)cc1CC1(O)Cc2ccccc2C1. The van der Waals surface area contributed by atoms with Crippen molar-refractivity contribution in [3.05, 3.63) is 70.5 Å². The zero-order valence-corrected chi connectivity index (χ0v) is 11.0. The lowest BCUT2D eigenvalue weighted by Crippen LogP contribution is -2.32. The number of hydrogen-bond donors (Lipinski definition) is 1. The first-order chi connectivity index (χ1) is 9.06. The number of halogens is 1. The maximum absolute atomic E-state index is 13.3. The van der Waals surface area contributed by atoms with Crippen LogP contribution in [0.4, 0.5) is 4.39 Å². The normalized spacial score (nSPS) is 16.4. The Morgan fingerprint density at radius 2 is 1.74 bits per heavy atom. The molecule has 1 N–H and O–H groups in total. The molecule has 0 spiro atoms. The van der Waals surface area contributed by atoms with Crippen LogP contribution >= 0.6 is 0 Å². The summed E-state index contributed by atoms with van der Waals surface area (Å²) in [6.07, 6.45) is 1.81. The van der Waals surface area contributed by atoms with E-state index >= 15 is 0 Å². The summed E-state index contributed by atoms with van der Waals surface area (Å²) in [4.78, 5) is 0. The van der Waals surface area contributed by atoms with Gasteiger partial charge >= 0.3 is 0 Å². The molecule has 1 aliphatic rings. The monoisotopic (exact) mass is 256 g/mol. The van der Waals surface area contributed by atoms with Gasteiger partial charge in [0.1, 0.15) is 5.82 Å². The van der Waals surface area contributed by atoms with Crippen molar-refractivity contribution in [1.29, 1.82) is 0 Å². The molecule has 0 saturated heterocycles. The van der Waals surface area contributed by atoms with Crippen molar-refractivity contribution < 1.29 is 9.50 Å². The molecule has 0 bridgehead atoms. The first kappa shape index (κ1) is 12.4. The number of aliphatic hydroxyl groups is 1. The molecule has 2 aromatic rings. The number of rotatable bonds is 2. The second-order valence-corrected chi connectivity index (χ2v) is 5.59. The molecule has 0 atom stereocenters. The third-order valence-corrected chi connectivity index (χ3v) is 3.99. The fraction of sp³-hybridized carbons (Fsp3) is 0.294. The zero-order valence-electron chi connectivity index (χ0n) is 11.0. The van der Waals surface area contributed by atoms with Gasteiger partial charge in [0.15, 0.2) is 0 Å². The molecule has 2 heteroatoms. The molecule has 0 saturated carbocycles. The van der Waals surface area contributed by atoms with Gasteiger partial charge in [0.25, 0.3) is 0 Å². The topological polar surface area (TPSA) is 20.2 Å². The van der Waals surface area contributed by atoms with Gasteiger partial charge in [0.2, 0.25) is 0 Å². The van der Waals surface area contributed by atoms with Crippen molar-refractivity contribution in [2.45, 2.75) is 31.8 Å². The molecule has 0 amide bonds. The molecule has 0 unspecified atom stereocenters. The average molecular weight is 256 g/mol. The Morgan fingerprint density at radius 1 is 1.11 bits per heavy atom. The fourth-order valence-corrected chi connectivity index (χ4v) is 2.98. The molecule has 1 nitrogen and oxygen atoms in total. The van der Waals surface area contributed by atoms with E-state index in [0.717, 1.165) is 11.1 Å². The molecule has 19 heavy (non-hydrogen) atoms. The molecular formula is C17H17FO. The van der Waals surface area contributed by atoms with Crippen molar-refractivity contribution in [2.24, 2.45) is 0 Å². The number of aryl methyl sites for hydroxylation is 1. The summed E-state index contributed by atoms with van der Waals surface area (Å²) in [6.45, 7) is 1.96. The summed E-state index contributed by atoms with van der Waals surface area (Å²) in [5, 5.41) is 10.8. The van der Waals surface area contributed by atoms with Crippen molar-refractivity contribution >= 4 is 0 Å². The van der Waals surface area contributed by atoms with Gasteiger partial charge in [-0.2, -0.15) is 0 Å². The van der Waals surface area contributed by atoms with E-state index in [2.05, 4.69) is 12.1 Å². The summed E-state index contributed by atoms with van der Waals surface area (Å²) in [5.41, 5.74) is 3.57. The van der Waals surface area contributed by atoms with Gasteiger partial charge in [-0.3, -0.25) is 0 Å². The van der Waals surface area contributed by atoms with Crippen molar-refractivity contribution in [2.75, 3.05) is 0 Å². The van der Waals surface area contributed by atoms with E-state index in [9.17, 15) is 9.50 Å². The van der Waals surface area contributed by atoms with Crippen LogP contribution in [-0.2, 0) is 19.3 Å². The van der Waals surface area contributed by atoms with Crippen LogP contribution in [-0.4, -0.2) is 10.7 Å². The first-order valence-electron chi connectivity index (χ1n) is 6.60. The van der Waals surface area contributed by atoms with Crippen LogP contribution in [0.15, 0.2) is 42.5 Å². The highest BCUT2D eigenvalue weighted by molar-refractivity contribution is 5.37. The van der Waals surface area contributed by atoms with E-state index in [0.29, 0.717) is 19.3 Å². The van der Waals surface area contributed by atoms with Crippen LogP contribution < -0.4 is 0 Å². The lowest BCUT2D eigenvalue weighted by molar-refractivity contribution is 0.0516. The van der Waals surface area contributed by atoms with Crippen LogP contribution in [0, 0.1) is 12.7 Å². The predicted molar refractivity (Wildman–Crippen MR) is 73.6 cm³/mol. The highest BCUT2D eigenvalue weighted by atomic mass is 19.1. The standard InChI is InChI=1S/C17H17FO/c1-12-6-7-16(18)8-15(12)11-17(19)9-13-4-2-3-5-14(13)10-17/h2-8,19H,9-11H2,1H3. The quantitative estimate of drug-likeness (QED) is 0.874. The largest absolute Gasteiger partial charge is 0.389 e. The van der Waals surface area contributed by atoms with Gasteiger partial charge in [0.05, 0.1) is 5.60 Å². The Bertz CT molecular complexity index is 593. The molecule has 0 heterocycles. The molecule has 0 fully saturated rings. The number of hydrogen-bond acceptors (Lipinski definition) is 1. The number of fused-ring (bicyclic) bond motifs is 1. The third kappa shape index (κ3) is 2.41. The molecule has 0 aliphatic heterocycles. The van der Waals surface area contributed by atoms with Crippen LogP contribution in [0.25, 0.3) is 0 Å². The van der Waals surface area contributed by atoms with Gasteiger partial charge in [0, 0.05) is 19.3 Å². The van der Waals surface area contributed by atoms with Gasteiger partial charge in [-0.05, 0) is 41.3 Å². The molecule has 0 aromatic heterocycles. The third-order valence-electron chi connectivity index (χ3n) is 3.99. The van der Waals surface area contributed by atoms with Gasteiger partial charge in [-0.15, -0.1) is 0 Å². The first-order valence-corrected chi connectivity index (χ1v) is 6.60.